The first-order valence-corrected chi connectivity index (χ1v) is 10.7. The molecule has 0 saturated carbocycles. The van der Waals surface area contributed by atoms with Crippen LogP contribution >= 0.6 is 24.0 Å². The Kier molecular flexibility index (Phi) is 9.08. The first kappa shape index (κ1) is 24.6. The lowest BCUT2D eigenvalue weighted by Crippen LogP contribution is -2.42. The fourth-order valence-electron chi connectivity index (χ4n) is 3.78. The summed E-state index contributed by atoms with van der Waals surface area (Å²) in [7, 11) is 0. The first-order chi connectivity index (χ1) is 13.8. The monoisotopic (exact) mass is 454 g/mol. The summed E-state index contributed by atoms with van der Waals surface area (Å²) in [6.07, 6.45) is 2.34. The number of nitrogens with one attached hydrogen (secondary N) is 1. The Morgan fingerprint density at radius 2 is 1.87 bits per heavy atom. The highest BCUT2D eigenvalue weighted by molar-refractivity contribution is 6.32. The standard InChI is InChI=1S/C23H31ClN2O3.ClH/c1-15-7-9-26(10-8-15)20(21-6-5-18(4)29-21)13-25-22(27)14-28-19-11-16(2)23(24)17(3)12-19;/h5-6,11-12,15,20H,7-10,13-14H2,1-4H3,(H,25,27);1H. The zero-order chi connectivity index (χ0) is 21.0. The van der Waals surface area contributed by atoms with Gasteiger partial charge in [-0.05, 0) is 88.0 Å². The van der Waals surface area contributed by atoms with E-state index in [1.54, 1.807) is 0 Å². The Balaban J connectivity index is 0.00000320. The minimum absolute atomic E-state index is 0. The highest BCUT2D eigenvalue weighted by Gasteiger charge is 2.27. The lowest BCUT2D eigenvalue weighted by Gasteiger charge is -2.35. The molecule has 1 amide bonds. The number of carbonyl (C=O) groups excluding carboxylic acids is 1. The summed E-state index contributed by atoms with van der Waals surface area (Å²) in [5, 5.41) is 3.75. The lowest BCUT2D eigenvalue weighted by molar-refractivity contribution is -0.123. The summed E-state index contributed by atoms with van der Waals surface area (Å²) in [5.41, 5.74) is 1.88. The number of amides is 1. The zero-order valence-corrected chi connectivity index (χ0v) is 19.7. The van der Waals surface area contributed by atoms with Gasteiger partial charge in [0.25, 0.3) is 5.91 Å². The molecule has 3 rings (SSSR count). The van der Waals surface area contributed by atoms with Crippen molar-refractivity contribution >= 4 is 29.9 Å². The van der Waals surface area contributed by atoms with Crippen LogP contribution < -0.4 is 10.1 Å². The summed E-state index contributed by atoms with van der Waals surface area (Å²) in [5.74, 6) is 3.05. The van der Waals surface area contributed by atoms with E-state index in [2.05, 4.69) is 17.1 Å². The van der Waals surface area contributed by atoms with Gasteiger partial charge in [0.1, 0.15) is 17.3 Å². The van der Waals surface area contributed by atoms with E-state index < -0.39 is 0 Å². The van der Waals surface area contributed by atoms with Crippen LogP contribution in [0.1, 0.15) is 48.5 Å². The van der Waals surface area contributed by atoms with Gasteiger partial charge in [-0.25, -0.2) is 0 Å². The average molecular weight is 455 g/mol. The van der Waals surface area contributed by atoms with Crippen LogP contribution in [0.3, 0.4) is 0 Å². The van der Waals surface area contributed by atoms with Crippen molar-refractivity contribution in [1.82, 2.24) is 10.2 Å². The molecule has 166 valence electrons. The molecule has 1 unspecified atom stereocenters. The van der Waals surface area contributed by atoms with Crippen LogP contribution in [-0.2, 0) is 4.79 Å². The summed E-state index contributed by atoms with van der Waals surface area (Å²) in [6, 6.07) is 7.74. The van der Waals surface area contributed by atoms with Gasteiger partial charge in [-0.1, -0.05) is 18.5 Å². The number of furan rings is 1. The summed E-state index contributed by atoms with van der Waals surface area (Å²) < 4.78 is 11.6. The van der Waals surface area contributed by atoms with Gasteiger partial charge in [-0.3, -0.25) is 9.69 Å². The van der Waals surface area contributed by atoms with E-state index in [0.29, 0.717) is 12.3 Å². The van der Waals surface area contributed by atoms with Crippen LogP contribution in [-0.4, -0.2) is 37.0 Å². The molecule has 1 N–H and O–H groups in total. The molecular formula is C23H32Cl2N2O3. The number of nitrogens with zero attached hydrogens (tertiary/aromatic N) is 1. The third-order valence-corrected chi connectivity index (χ3v) is 6.22. The van der Waals surface area contributed by atoms with E-state index in [-0.39, 0.29) is 31.0 Å². The Bertz CT molecular complexity index is 822. The summed E-state index contributed by atoms with van der Waals surface area (Å²) in [6.45, 7) is 10.6. The number of aryl methyl sites for hydroxylation is 3. The molecule has 1 aromatic heterocycles. The van der Waals surface area contributed by atoms with Gasteiger partial charge in [-0.15, -0.1) is 12.4 Å². The number of hydrogen-bond donors (Lipinski definition) is 1. The second-order valence-corrected chi connectivity index (χ2v) is 8.52. The molecule has 2 aromatic rings. The molecule has 1 aromatic carbocycles. The molecule has 1 aliphatic rings. The normalized spacial score (nSPS) is 16.0. The lowest BCUT2D eigenvalue weighted by atomic mass is 9.97. The fraction of sp³-hybridized carbons (Fsp3) is 0.522. The van der Waals surface area contributed by atoms with Gasteiger partial charge in [0.15, 0.2) is 6.61 Å². The number of likely N-dealkylation sites (tertiary alicyclic amines) is 1. The van der Waals surface area contributed by atoms with Crippen molar-refractivity contribution in [2.75, 3.05) is 26.2 Å². The number of hydrogen-bond acceptors (Lipinski definition) is 4. The van der Waals surface area contributed by atoms with Crippen LogP contribution in [0.5, 0.6) is 5.75 Å². The molecule has 30 heavy (non-hydrogen) atoms. The largest absolute Gasteiger partial charge is 0.484 e. The molecule has 1 aliphatic heterocycles. The molecule has 1 atom stereocenters. The van der Waals surface area contributed by atoms with Crippen LogP contribution in [0, 0.1) is 26.7 Å². The third-order valence-electron chi connectivity index (χ3n) is 5.62. The molecule has 0 aliphatic carbocycles. The summed E-state index contributed by atoms with van der Waals surface area (Å²) >= 11 is 6.19. The molecule has 1 saturated heterocycles. The van der Waals surface area contributed by atoms with Crippen LogP contribution in [0.25, 0.3) is 0 Å². The zero-order valence-electron chi connectivity index (χ0n) is 18.2. The third kappa shape index (κ3) is 6.40. The van der Waals surface area contributed by atoms with Crippen molar-refractivity contribution in [3.05, 3.63) is 51.9 Å². The van der Waals surface area contributed by atoms with Gasteiger partial charge >= 0.3 is 0 Å². The van der Waals surface area contributed by atoms with Crippen molar-refractivity contribution < 1.29 is 13.9 Å². The van der Waals surface area contributed by atoms with Gasteiger partial charge in [0, 0.05) is 11.6 Å². The Morgan fingerprint density at radius 1 is 1.23 bits per heavy atom. The minimum atomic E-state index is -0.145. The number of piperidine rings is 1. The number of halogens is 2. The van der Waals surface area contributed by atoms with E-state index in [0.717, 1.165) is 46.7 Å². The first-order valence-electron chi connectivity index (χ1n) is 10.3. The van der Waals surface area contributed by atoms with Gasteiger partial charge in [0.05, 0.1) is 6.04 Å². The van der Waals surface area contributed by atoms with Crippen LogP contribution in [0.4, 0.5) is 0 Å². The Morgan fingerprint density at radius 3 is 2.43 bits per heavy atom. The second-order valence-electron chi connectivity index (χ2n) is 8.15. The molecule has 2 heterocycles. The average Bonchev–Trinajstić information content (AvgIpc) is 3.12. The molecule has 0 spiro atoms. The van der Waals surface area contributed by atoms with E-state index in [1.165, 1.54) is 12.8 Å². The SMILES string of the molecule is Cc1ccc(C(CNC(=O)COc2cc(C)c(Cl)c(C)c2)N2CCC(C)CC2)o1.Cl. The smallest absolute Gasteiger partial charge is 0.258 e. The predicted molar refractivity (Wildman–Crippen MR) is 123 cm³/mol. The number of ether oxygens (including phenoxy) is 1. The summed E-state index contributed by atoms with van der Waals surface area (Å²) in [4.78, 5) is 14.8. The highest BCUT2D eigenvalue weighted by Crippen LogP contribution is 2.28. The maximum absolute atomic E-state index is 12.4. The minimum Gasteiger partial charge on any atom is -0.484 e. The highest BCUT2D eigenvalue weighted by atomic mass is 35.5. The van der Waals surface area contributed by atoms with Crippen molar-refractivity contribution in [2.24, 2.45) is 5.92 Å². The molecule has 7 heteroatoms. The molecular weight excluding hydrogens is 423 g/mol. The van der Waals surface area contributed by atoms with Crippen LogP contribution in [0.2, 0.25) is 5.02 Å². The number of benzene rings is 1. The van der Waals surface area contributed by atoms with Gasteiger partial charge < -0.3 is 14.5 Å². The molecule has 0 bridgehead atoms. The van der Waals surface area contributed by atoms with Crippen molar-refractivity contribution in [3.8, 4) is 5.75 Å². The van der Waals surface area contributed by atoms with E-state index >= 15 is 0 Å². The van der Waals surface area contributed by atoms with Gasteiger partial charge in [0.2, 0.25) is 0 Å². The quantitative estimate of drug-likeness (QED) is 0.620. The van der Waals surface area contributed by atoms with Crippen molar-refractivity contribution in [2.45, 2.75) is 46.6 Å². The fourth-order valence-corrected chi connectivity index (χ4v) is 3.89. The number of carbonyl (C=O) groups is 1. The van der Waals surface area contributed by atoms with E-state index in [1.807, 2.05) is 45.0 Å². The van der Waals surface area contributed by atoms with E-state index in [9.17, 15) is 4.79 Å². The van der Waals surface area contributed by atoms with Crippen molar-refractivity contribution in [1.29, 1.82) is 0 Å². The molecule has 5 nitrogen and oxygen atoms in total. The second kappa shape index (κ2) is 11.1. The van der Waals surface area contributed by atoms with E-state index in [4.69, 9.17) is 20.8 Å². The Hall–Kier alpha value is -1.69. The maximum Gasteiger partial charge on any atom is 0.258 e. The topological polar surface area (TPSA) is 54.7 Å². The Labute approximate surface area is 190 Å². The van der Waals surface area contributed by atoms with Crippen molar-refractivity contribution in [3.63, 3.8) is 0 Å². The number of rotatable bonds is 7. The van der Waals surface area contributed by atoms with Gasteiger partial charge in [-0.2, -0.15) is 0 Å². The predicted octanol–water partition coefficient (Wildman–Crippen LogP) is 5.25. The van der Waals surface area contributed by atoms with Crippen LogP contribution in [0.15, 0.2) is 28.7 Å². The molecule has 0 radical (unpaired) electrons. The molecule has 1 fully saturated rings. The maximum atomic E-state index is 12.4.